The van der Waals surface area contributed by atoms with Gasteiger partial charge >= 0.3 is 0 Å². The molecule has 0 aromatic carbocycles. The van der Waals surface area contributed by atoms with Gasteiger partial charge in [-0.05, 0) is 18.8 Å². The molecular formula is C15H23N3O3. The molecule has 1 aliphatic heterocycles. The van der Waals surface area contributed by atoms with Crippen LogP contribution in [0.1, 0.15) is 39.1 Å². The van der Waals surface area contributed by atoms with Crippen LogP contribution in [0.4, 0.5) is 0 Å². The normalized spacial score (nSPS) is 23.1. The van der Waals surface area contributed by atoms with Crippen molar-refractivity contribution in [2.24, 2.45) is 11.8 Å². The van der Waals surface area contributed by atoms with Crippen molar-refractivity contribution in [2.75, 3.05) is 0 Å². The van der Waals surface area contributed by atoms with Crippen molar-refractivity contribution in [1.82, 2.24) is 15.4 Å². The van der Waals surface area contributed by atoms with E-state index in [1.165, 1.54) is 0 Å². The first kappa shape index (κ1) is 15.5. The zero-order valence-electron chi connectivity index (χ0n) is 13.2. The standard InChI is InChI=1S/C15H23N3O3/c1-8(2)12-15(20)18(7-11-6-10(5)17-21-11)13(9(3)4)14(19)16-12/h6,8-9,12-13H,7H2,1-5H3,(H,16,19). The highest BCUT2D eigenvalue weighted by molar-refractivity contribution is 5.97. The lowest BCUT2D eigenvalue weighted by atomic mass is 9.93. The number of nitrogens with zero attached hydrogens (tertiary/aromatic N) is 2. The van der Waals surface area contributed by atoms with E-state index in [1.807, 2.05) is 34.6 Å². The lowest BCUT2D eigenvalue weighted by Gasteiger charge is -2.41. The molecule has 1 aromatic rings. The van der Waals surface area contributed by atoms with Crippen molar-refractivity contribution in [3.63, 3.8) is 0 Å². The summed E-state index contributed by atoms with van der Waals surface area (Å²) in [7, 11) is 0. The van der Waals surface area contributed by atoms with Crippen LogP contribution < -0.4 is 5.32 Å². The van der Waals surface area contributed by atoms with Gasteiger partial charge in [-0.25, -0.2) is 0 Å². The summed E-state index contributed by atoms with van der Waals surface area (Å²) in [5.41, 5.74) is 0.764. The minimum atomic E-state index is -0.475. The molecule has 1 fully saturated rings. The van der Waals surface area contributed by atoms with Crippen LogP contribution >= 0.6 is 0 Å². The van der Waals surface area contributed by atoms with E-state index in [1.54, 1.807) is 11.0 Å². The summed E-state index contributed by atoms with van der Waals surface area (Å²) in [6.45, 7) is 9.83. The van der Waals surface area contributed by atoms with Crippen molar-refractivity contribution < 1.29 is 14.1 Å². The lowest BCUT2D eigenvalue weighted by Crippen LogP contribution is -2.65. The van der Waals surface area contributed by atoms with Gasteiger partial charge < -0.3 is 14.7 Å². The smallest absolute Gasteiger partial charge is 0.246 e. The second kappa shape index (κ2) is 5.87. The quantitative estimate of drug-likeness (QED) is 0.912. The van der Waals surface area contributed by atoms with Crippen LogP contribution in [-0.4, -0.2) is 34.0 Å². The molecule has 2 amide bonds. The third-order valence-electron chi connectivity index (χ3n) is 3.75. The Balaban J connectivity index is 2.29. The van der Waals surface area contributed by atoms with Gasteiger partial charge in [0.15, 0.2) is 5.76 Å². The third-order valence-corrected chi connectivity index (χ3v) is 3.75. The number of piperazine rings is 1. The number of aryl methyl sites for hydroxylation is 1. The molecule has 1 aliphatic rings. The first-order chi connectivity index (χ1) is 9.81. The SMILES string of the molecule is Cc1cc(CN2C(=O)C(C(C)C)NC(=O)C2C(C)C)on1. The zero-order valence-corrected chi connectivity index (χ0v) is 13.2. The first-order valence-electron chi connectivity index (χ1n) is 7.34. The topological polar surface area (TPSA) is 75.4 Å². The maximum Gasteiger partial charge on any atom is 0.246 e. The van der Waals surface area contributed by atoms with Crippen molar-refractivity contribution in [1.29, 1.82) is 0 Å². The minimum absolute atomic E-state index is 0.0334. The number of hydrogen-bond acceptors (Lipinski definition) is 4. The van der Waals surface area contributed by atoms with Gasteiger partial charge in [0.05, 0.1) is 12.2 Å². The van der Waals surface area contributed by atoms with Crippen LogP contribution in [0.5, 0.6) is 0 Å². The van der Waals surface area contributed by atoms with E-state index in [9.17, 15) is 9.59 Å². The summed E-state index contributed by atoms with van der Waals surface area (Å²) in [5, 5.41) is 6.68. The van der Waals surface area contributed by atoms with Crippen molar-refractivity contribution in [2.45, 2.75) is 53.2 Å². The van der Waals surface area contributed by atoms with Gasteiger partial charge in [-0.2, -0.15) is 0 Å². The van der Waals surface area contributed by atoms with Gasteiger partial charge in [-0.15, -0.1) is 0 Å². The summed E-state index contributed by atoms with van der Waals surface area (Å²) >= 11 is 0. The van der Waals surface area contributed by atoms with E-state index in [4.69, 9.17) is 4.52 Å². The molecule has 1 N–H and O–H groups in total. The Labute approximate surface area is 124 Å². The highest BCUT2D eigenvalue weighted by atomic mass is 16.5. The molecule has 2 rings (SSSR count). The van der Waals surface area contributed by atoms with Crippen LogP contribution in [0.2, 0.25) is 0 Å². The Morgan fingerprint density at radius 3 is 2.43 bits per heavy atom. The predicted octanol–water partition coefficient (Wildman–Crippen LogP) is 1.49. The molecule has 0 spiro atoms. The molecule has 116 valence electrons. The van der Waals surface area contributed by atoms with E-state index in [-0.39, 0.29) is 30.2 Å². The molecule has 2 unspecified atom stereocenters. The van der Waals surface area contributed by atoms with Gasteiger partial charge in [-0.1, -0.05) is 32.9 Å². The highest BCUT2D eigenvalue weighted by Gasteiger charge is 2.43. The summed E-state index contributed by atoms with van der Waals surface area (Å²) in [4.78, 5) is 26.7. The van der Waals surface area contributed by atoms with E-state index in [0.29, 0.717) is 5.76 Å². The number of carbonyl (C=O) groups is 2. The Morgan fingerprint density at radius 2 is 1.95 bits per heavy atom. The Hall–Kier alpha value is -1.85. The number of rotatable bonds is 4. The fraction of sp³-hybridized carbons (Fsp3) is 0.667. The fourth-order valence-corrected chi connectivity index (χ4v) is 2.71. The van der Waals surface area contributed by atoms with Crippen LogP contribution in [0, 0.1) is 18.8 Å². The highest BCUT2D eigenvalue weighted by Crippen LogP contribution is 2.23. The van der Waals surface area contributed by atoms with Gasteiger partial charge in [0.2, 0.25) is 11.8 Å². The second-order valence-corrected chi connectivity index (χ2v) is 6.32. The summed E-state index contributed by atoms with van der Waals surface area (Å²) < 4.78 is 5.20. The molecular weight excluding hydrogens is 270 g/mol. The molecule has 1 saturated heterocycles. The van der Waals surface area contributed by atoms with E-state index in [2.05, 4.69) is 10.5 Å². The van der Waals surface area contributed by atoms with Gasteiger partial charge in [0.1, 0.15) is 12.1 Å². The van der Waals surface area contributed by atoms with E-state index < -0.39 is 12.1 Å². The zero-order chi connectivity index (χ0) is 15.7. The number of carbonyl (C=O) groups excluding carboxylic acids is 2. The van der Waals surface area contributed by atoms with Crippen molar-refractivity contribution in [3.8, 4) is 0 Å². The van der Waals surface area contributed by atoms with Gasteiger partial charge in [-0.3, -0.25) is 9.59 Å². The lowest BCUT2D eigenvalue weighted by molar-refractivity contribution is -0.153. The number of aromatic nitrogens is 1. The van der Waals surface area contributed by atoms with Crippen LogP contribution in [0.3, 0.4) is 0 Å². The molecule has 6 heteroatoms. The van der Waals surface area contributed by atoms with Gasteiger partial charge in [0, 0.05) is 6.07 Å². The summed E-state index contributed by atoms with van der Waals surface area (Å²) in [6.07, 6.45) is 0. The molecule has 0 saturated carbocycles. The Morgan fingerprint density at radius 1 is 1.29 bits per heavy atom. The van der Waals surface area contributed by atoms with Crippen LogP contribution in [0.15, 0.2) is 10.6 Å². The maximum absolute atomic E-state index is 12.7. The molecule has 0 radical (unpaired) electrons. The van der Waals surface area contributed by atoms with Crippen molar-refractivity contribution in [3.05, 3.63) is 17.5 Å². The molecule has 6 nitrogen and oxygen atoms in total. The van der Waals surface area contributed by atoms with Gasteiger partial charge in [0.25, 0.3) is 0 Å². The average Bonchev–Trinajstić information content (AvgIpc) is 2.78. The Bertz CT molecular complexity index is 536. The average molecular weight is 293 g/mol. The summed E-state index contributed by atoms with van der Waals surface area (Å²) in [5.74, 6) is 0.528. The summed E-state index contributed by atoms with van der Waals surface area (Å²) in [6, 6.07) is 0.844. The molecule has 2 atom stereocenters. The van der Waals surface area contributed by atoms with E-state index in [0.717, 1.165) is 5.69 Å². The first-order valence-corrected chi connectivity index (χ1v) is 7.34. The molecule has 0 bridgehead atoms. The Kier molecular flexibility index (Phi) is 4.34. The molecule has 0 aliphatic carbocycles. The predicted molar refractivity (Wildman–Crippen MR) is 77.2 cm³/mol. The third kappa shape index (κ3) is 3.09. The van der Waals surface area contributed by atoms with Crippen LogP contribution in [-0.2, 0) is 16.1 Å². The maximum atomic E-state index is 12.7. The fourth-order valence-electron chi connectivity index (χ4n) is 2.71. The molecule has 1 aromatic heterocycles. The largest absolute Gasteiger partial charge is 0.359 e. The molecule has 2 heterocycles. The van der Waals surface area contributed by atoms with E-state index >= 15 is 0 Å². The van der Waals surface area contributed by atoms with Crippen molar-refractivity contribution >= 4 is 11.8 Å². The minimum Gasteiger partial charge on any atom is -0.359 e. The number of hydrogen-bond donors (Lipinski definition) is 1. The molecule has 21 heavy (non-hydrogen) atoms. The number of nitrogens with one attached hydrogen (secondary N) is 1. The monoisotopic (exact) mass is 293 g/mol. The van der Waals surface area contributed by atoms with Crippen LogP contribution in [0.25, 0.3) is 0 Å². The number of amides is 2. The second-order valence-electron chi connectivity index (χ2n) is 6.32.